The molecule has 7 heteroatoms. The standard InChI is InChI=1S/C17H22N4O3/c1-12(2)21-15(7-8-18-21)19-16(22)13-5-3-9-20(11-13)17(23)14-6-4-10-24-14/h4,6-8,10,12-13H,3,5,9,11H2,1-2H3,(H,19,22). The van der Waals surface area contributed by atoms with Crippen LogP contribution in [0.15, 0.2) is 35.1 Å². The average molecular weight is 330 g/mol. The third-order valence-electron chi connectivity index (χ3n) is 4.22. The zero-order valence-electron chi connectivity index (χ0n) is 13.9. The Balaban J connectivity index is 1.65. The van der Waals surface area contributed by atoms with E-state index in [4.69, 9.17) is 4.42 Å². The molecule has 2 amide bonds. The number of aromatic nitrogens is 2. The smallest absolute Gasteiger partial charge is 0.289 e. The number of hydrogen-bond donors (Lipinski definition) is 1. The van der Waals surface area contributed by atoms with Crippen molar-refractivity contribution in [2.24, 2.45) is 5.92 Å². The first-order valence-electron chi connectivity index (χ1n) is 8.23. The van der Waals surface area contributed by atoms with Crippen molar-refractivity contribution < 1.29 is 14.0 Å². The molecule has 0 bridgehead atoms. The van der Waals surface area contributed by atoms with Gasteiger partial charge in [0.15, 0.2) is 5.76 Å². The molecule has 3 rings (SSSR count). The summed E-state index contributed by atoms with van der Waals surface area (Å²) in [4.78, 5) is 26.6. The first-order valence-corrected chi connectivity index (χ1v) is 8.23. The molecule has 1 aliphatic rings. The van der Waals surface area contributed by atoms with Crippen molar-refractivity contribution in [2.45, 2.75) is 32.7 Å². The van der Waals surface area contributed by atoms with Crippen molar-refractivity contribution in [3.8, 4) is 0 Å². The second-order valence-electron chi connectivity index (χ2n) is 6.31. The van der Waals surface area contributed by atoms with Gasteiger partial charge < -0.3 is 14.6 Å². The highest BCUT2D eigenvalue weighted by Crippen LogP contribution is 2.21. The molecule has 1 aliphatic heterocycles. The van der Waals surface area contributed by atoms with Crippen LogP contribution in [0.2, 0.25) is 0 Å². The zero-order chi connectivity index (χ0) is 17.1. The Hall–Kier alpha value is -2.57. The molecule has 1 unspecified atom stereocenters. The highest BCUT2D eigenvalue weighted by atomic mass is 16.3. The average Bonchev–Trinajstić information content (AvgIpc) is 3.25. The summed E-state index contributed by atoms with van der Waals surface area (Å²) in [5, 5.41) is 7.15. The van der Waals surface area contributed by atoms with Gasteiger partial charge in [0.25, 0.3) is 5.91 Å². The number of hydrogen-bond acceptors (Lipinski definition) is 4. The van der Waals surface area contributed by atoms with Gasteiger partial charge in [-0.3, -0.25) is 9.59 Å². The first kappa shape index (κ1) is 16.3. The van der Waals surface area contributed by atoms with Gasteiger partial charge in [-0.25, -0.2) is 4.68 Å². The lowest BCUT2D eigenvalue weighted by Gasteiger charge is -2.31. The number of anilines is 1. The summed E-state index contributed by atoms with van der Waals surface area (Å²) in [6.07, 6.45) is 4.72. The molecule has 7 nitrogen and oxygen atoms in total. The Labute approximate surface area is 140 Å². The summed E-state index contributed by atoms with van der Waals surface area (Å²) < 4.78 is 6.94. The molecule has 2 aromatic heterocycles. The van der Waals surface area contributed by atoms with Crippen LogP contribution in [0.5, 0.6) is 0 Å². The van der Waals surface area contributed by atoms with E-state index < -0.39 is 0 Å². The minimum atomic E-state index is -0.229. The molecule has 128 valence electrons. The lowest BCUT2D eigenvalue weighted by atomic mass is 9.97. The number of amides is 2. The van der Waals surface area contributed by atoms with Crippen LogP contribution in [0.25, 0.3) is 0 Å². The largest absolute Gasteiger partial charge is 0.459 e. The van der Waals surface area contributed by atoms with E-state index in [1.54, 1.807) is 34.0 Å². The van der Waals surface area contributed by atoms with Gasteiger partial charge in [-0.05, 0) is 38.8 Å². The van der Waals surface area contributed by atoms with E-state index >= 15 is 0 Å². The van der Waals surface area contributed by atoms with E-state index in [1.807, 2.05) is 13.8 Å². The SMILES string of the molecule is CC(C)n1nccc1NC(=O)C1CCCN(C(=O)c2ccco2)C1. The fraction of sp³-hybridized carbons (Fsp3) is 0.471. The van der Waals surface area contributed by atoms with Gasteiger partial charge in [0.1, 0.15) is 5.82 Å². The van der Waals surface area contributed by atoms with Crippen molar-refractivity contribution >= 4 is 17.6 Å². The van der Waals surface area contributed by atoms with Gasteiger partial charge in [0.05, 0.1) is 18.4 Å². The number of nitrogens with zero attached hydrogens (tertiary/aromatic N) is 3. The van der Waals surface area contributed by atoms with Gasteiger partial charge in [0, 0.05) is 25.2 Å². The van der Waals surface area contributed by atoms with Crippen LogP contribution in [-0.2, 0) is 4.79 Å². The fourth-order valence-corrected chi connectivity index (χ4v) is 2.98. The van der Waals surface area contributed by atoms with E-state index in [9.17, 15) is 9.59 Å². The van der Waals surface area contributed by atoms with Crippen LogP contribution < -0.4 is 5.32 Å². The lowest BCUT2D eigenvalue weighted by molar-refractivity contribution is -0.121. The van der Waals surface area contributed by atoms with Gasteiger partial charge >= 0.3 is 0 Å². The predicted octanol–water partition coefficient (Wildman–Crippen LogP) is 2.55. The van der Waals surface area contributed by atoms with Crippen molar-refractivity contribution in [1.29, 1.82) is 0 Å². The number of furan rings is 1. The van der Waals surface area contributed by atoms with Crippen molar-refractivity contribution in [3.63, 3.8) is 0 Å². The van der Waals surface area contributed by atoms with Gasteiger partial charge in [-0.15, -0.1) is 0 Å². The Morgan fingerprint density at radius 3 is 2.92 bits per heavy atom. The number of nitrogens with one attached hydrogen (secondary N) is 1. The maximum Gasteiger partial charge on any atom is 0.289 e. The molecule has 2 aromatic rings. The Kier molecular flexibility index (Phi) is 4.69. The quantitative estimate of drug-likeness (QED) is 0.934. The van der Waals surface area contributed by atoms with Crippen LogP contribution in [0.1, 0.15) is 43.3 Å². The van der Waals surface area contributed by atoms with Crippen LogP contribution >= 0.6 is 0 Å². The van der Waals surface area contributed by atoms with Crippen LogP contribution in [0, 0.1) is 5.92 Å². The maximum atomic E-state index is 12.6. The molecule has 0 aromatic carbocycles. The Morgan fingerprint density at radius 2 is 2.21 bits per heavy atom. The number of carbonyl (C=O) groups is 2. The number of carbonyl (C=O) groups excluding carboxylic acids is 2. The van der Waals surface area contributed by atoms with E-state index in [1.165, 1.54) is 6.26 Å². The summed E-state index contributed by atoms with van der Waals surface area (Å²) in [6, 6.07) is 5.28. The normalized spacial score (nSPS) is 18.0. The molecule has 24 heavy (non-hydrogen) atoms. The zero-order valence-corrected chi connectivity index (χ0v) is 13.9. The number of rotatable bonds is 4. The summed E-state index contributed by atoms with van der Waals surface area (Å²) in [5.74, 6) is 0.533. The lowest BCUT2D eigenvalue weighted by Crippen LogP contribution is -2.43. The second-order valence-corrected chi connectivity index (χ2v) is 6.31. The minimum Gasteiger partial charge on any atom is -0.459 e. The molecule has 1 atom stereocenters. The van der Waals surface area contributed by atoms with Gasteiger partial charge in [-0.1, -0.05) is 0 Å². The maximum absolute atomic E-state index is 12.6. The van der Waals surface area contributed by atoms with Crippen LogP contribution in [-0.4, -0.2) is 39.6 Å². The van der Waals surface area contributed by atoms with Crippen molar-refractivity contribution in [1.82, 2.24) is 14.7 Å². The molecule has 1 fully saturated rings. The molecular formula is C17H22N4O3. The van der Waals surface area contributed by atoms with Crippen molar-refractivity contribution in [2.75, 3.05) is 18.4 Å². The molecule has 0 spiro atoms. The Morgan fingerprint density at radius 1 is 1.38 bits per heavy atom. The molecule has 3 heterocycles. The number of likely N-dealkylation sites (tertiary alicyclic amines) is 1. The van der Waals surface area contributed by atoms with Gasteiger partial charge in [0.2, 0.25) is 5.91 Å². The van der Waals surface area contributed by atoms with Crippen molar-refractivity contribution in [3.05, 3.63) is 36.4 Å². The summed E-state index contributed by atoms with van der Waals surface area (Å²) in [7, 11) is 0. The van der Waals surface area contributed by atoms with Gasteiger partial charge in [-0.2, -0.15) is 5.10 Å². The summed E-state index contributed by atoms with van der Waals surface area (Å²) in [6.45, 7) is 5.06. The van der Waals surface area contributed by atoms with E-state index in [0.29, 0.717) is 24.7 Å². The fourth-order valence-electron chi connectivity index (χ4n) is 2.98. The molecule has 1 N–H and O–H groups in total. The van der Waals surface area contributed by atoms with Crippen LogP contribution in [0.4, 0.5) is 5.82 Å². The van der Waals surface area contributed by atoms with E-state index in [0.717, 1.165) is 12.8 Å². The van der Waals surface area contributed by atoms with E-state index in [2.05, 4.69) is 10.4 Å². The monoisotopic (exact) mass is 330 g/mol. The highest BCUT2D eigenvalue weighted by molar-refractivity contribution is 5.94. The molecule has 0 aliphatic carbocycles. The molecule has 0 saturated carbocycles. The third-order valence-corrected chi connectivity index (χ3v) is 4.22. The van der Waals surface area contributed by atoms with Crippen LogP contribution in [0.3, 0.4) is 0 Å². The first-order chi connectivity index (χ1) is 11.6. The summed E-state index contributed by atoms with van der Waals surface area (Å²) >= 11 is 0. The molecule has 0 radical (unpaired) electrons. The minimum absolute atomic E-state index is 0.0747. The molecule has 1 saturated heterocycles. The second kappa shape index (κ2) is 6.90. The summed E-state index contributed by atoms with van der Waals surface area (Å²) in [5.41, 5.74) is 0. The molecular weight excluding hydrogens is 308 g/mol. The number of piperidine rings is 1. The highest BCUT2D eigenvalue weighted by Gasteiger charge is 2.30. The third kappa shape index (κ3) is 3.34. The van der Waals surface area contributed by atoms with E-state index in [-0.39, 0.29) is 23.8 Å². The Bertz CT molecular complexity index is 705. The topological polar surface area (TPSA) is 80.4 Å². The predicted molar refractivity (Wildman–Crippen MR) is 88.6 cm³/mol.